The molecular weight excluding hydrogens is 296 g/mol. The highest BCUT2D eigenvalue weighted by molar-refractivity contribution is 5.83. The van der Waals surface area contributed by atoms with Gasteiger partial charge in [0.1, 0.15) is 6.04 Å². The van der Waals surface area contributed by atoms with E-state index < -0.39 is 12.0 Å². The maximum absolute atomic E-state index is 11.3. The molecule has 0 aromatic rings. The van der Waals surface area contributed by atoms with Crippen LogP contribution in [0, 0.1) is 0 Å². The van der Waals surface area contributed by atoms with Crippen LogP contribution in [-0.2, 0) is 28.6 Å². The summed E-state index contributed by atoms with van der Waals surface area (Å²) in [5.74, 6) is -1.44. The Labute approximate surface area is 129 Å². The summed E-state index contributed by atoms with van der Waals surface area (Å²) >= 11 is 0. The van der Waals surface area contributed by atoms with Crippen molar-refractivity contribution in [2.45, 2.75) is 19.4 Å². The molecule has 3 N–H and O–H groups in total. The molecule has 0 aliphatic rings. The molecule has 0 saturated carbocycles. The van der Waals surface area contributed by atoms with Crippen molar-refractivity contribution in [1.82, 2.24) is 10.6 Å². The van der Waals surface area contributed by atoms with E-state index in [0.29, 0.717) is 46.0 Å². The normalized spacial score (nSPS) is 11.7. The number of carbonyl (C=O) groups is 3. The summed E-state index contributed by atoms with van der Waals surface area (Å²) in [6.45, 7) is 4.06. The predicted octanol–water partition coefficient (Wildman–Crippen LogP) is -1.24. The van der Waals surface area contributed by atoms with E-state index in [1.54, 1.807) is 0 Å². The van der Waals surface area contributed by atoms with E-state index in [1.807, 2.05) is 0 Å². The Balaban J connectivity index is 3.24. The average molecular weight is 320 g/mol. The van der Waals surface area contributed by atoms with Gasteiger partial charge in [-0.05, 0) is 6.92 Å². The van der Waals surface area contributed by atoms with Crippen LogP contribution in [0.5, 0.6) is 0 Å². The molecule has 1 atom stereocenters. The van der Waals surface area contributed by atoms with Crippen LogP contribution in [0.3, 0.4) is 0 Å². The maximum Gasteiger partial charge on any atom is 0.325 e. The van der Waals surface area contributed by atoms with Gasteiger partial charge in [-0.15, -0.1) is 0 Å². The maximum atomic E-state index is 11.3. The monoisotopic (exact) mass is 320 g/mol. The molecule has 0 saturated heterocycles. The molecular formula is C13H24N2O7. The van der Waals surface area contributed by atoms with Crippen LogP contribution >= 0.6 is 0 Å². The molecule has 128 valence electrons. The van der Waals surface area contributed by atoms with Crippen molar-refractivity contribution >= 4 is 18.3 Å². The number of ether oxygens (including phenoxy) is 3. The van der Waals surface area contributed by atoms with Gasteiger partial charge in [-0.3, -0.25) is 14.4 Å². The van der Waals surface area contributed by atoms with Gasteiger partial charge in [0.2, 0.25) is 12.3 Å². The second-order valence-corrected chi connectivity index (χ2v) is 4.29. The number of hydrogen-bond donors (Lipinski definition) is 3. The van der Waals surface area contributed by atoms with Crippen LogP contribution in [0.2, 0.25) is 0 Å². The van der Waals surface area contributed by atoms with Gasteiger partial charge in [-0.25, -0.2) is 0 Å². The van der Waals surface area contributed by atoms with Crippen LogP contribution in [-0.4, -0.2) is 75.6 Å². The molecule has 0 rings (SSSR count). The van der Waals surface area contributed by atoms with Gasteiger partial charge in [-0.2, -0.15) is 0 Å². The van der Waals surface area contributed by atoms with Crippen LogP contribution in [0.15, 0.2) is 0 Å². The van der Waals surface area contributed by atoms with Gasteiger partial charge in [0.25, 0.3) is 0 Å². The largest absolute Gasteiger partial charge is 0.480 e. The van der Waals surface area contributed by atoms with Crippen LogP contribution in [0.1, 0.15) is 13.3 Å². The zero-order valence-corrected chi connectivity index (χ0v) is 12.7. The van der Waals surface area contributed by atoms with Gasteiger partial charge in [0, 0.05) is 13.0 Å². The van der Waals surface area contributed by atoms with Crippen LogP contribution in [0.4, 0.5) is 0 Å². The summed E-state index contributed by atoms with van der Waals surface area (Å²) in [6, 6.07) is -0.905. The Morgan fingerprint density at radius 1 is 1.05 bits per heavy atom. The minimum absolute atomic E-state index is 0.102. The molecule has 0 aliphatic carbocycles. The van der Waals surface area contributed by atoms with E-state index in [-0.39, 0.29) is 18.9 Å². The number of rotatable bonds is 15. The lowest BCUT2D eigenvalue weighted by atomic mass is 10.3. The van der Waals surface area contributed by atoms with Crippen molar-refractivity contribution < 1.29 is 33.7 Å². The second-order valence-electron chi connectivity index (χ2n) is 4.29. The smallest absolute Gasteiger partial charge is 0.325 e. The van der Waals surface area contributed by atoms with Gasteiger partial charge < -0.3 is 30.0 Å². The third-order valence-electron chi connectivity index (χ3n) is 2.44. The number of carbonyl (C=O) groups excluding carboxylic acids is 2. The Morgan fingerprint density at radius 3 is 2.14 bits per heavy atom. The topological polar surface area (TPSA) is 123 Å². The number of hydrogen-bond acceptors (Lipinski definition) is 6. The third kappa shape index (κ3) is 13.3. The van der Waals surface area contributed by atoms with Crippen molar-refractivity contribution in [1.29, 1.82) is 0 Å². The molecule has 0 aromatic carbocycles. The first-order valence-electron chi connectivity index (χ1n) is 7.00. The third-order valence-corrected chi connectivity index (χ3v) is 2.44. The molecule has 0 fully saturated rings. The van der Waals surface area contributed by atoms with Gasteiger partial charge >= 0.3 is 5.97 Å². The standard InChI is InChI=1S/C13H24N2O7/c1-11(13(18)19)15-12(17)2-4-20-6-8-22-9-7-21-5-3-14-10-16/h10-11H,2-9H2,1H3,(H,14,16)(H,15,17)(H,18,19)/t11-/m0/s1. The van der Waals surface area contributed by atoms with Crippen molar-refractivity contribution in [2.75, 3.05) is 46.2 Å². The van der Waals surface area contributed by atoms with E-state index in [1.165, 1.54) is 6.92 Å². The van der Waals surface area contributed by atoms with Gasteiger partial charge in [-0.1, -0.05) is 0 Å². The Bertz CT molecular complexity index is 326. The van der Waals surface area contributed by atoms with Crippen LogP contribution < -0.4 is 10.6 Å². The molecule has 9 nitrogen and oxygen atoms in total. The summed E-state index contributed by atoms with van der Waals surface area (Å²) in [6.07, 6.45) is 0.713. The number of carboxylic acids is 1. The van der Waals surface area contributed by atoms with Gasteiger partial charge in [0.05, 0.1) is 39.6 Å². The lowest BCUT2D eigenvalue weighted by Gasteiger charge is -2.09. The SMILES string of the molecule is C[C@H](NC(=O)CCOCCOCCOCCNC=O)C(=O)O. The van der Waals surface area contributed by atoms with E-state index in [0.717, 1.165) is 0 Å². The van der Waals surface area contributed by atoms with Crippen molar-refractivity contribution in [3.05, 3.63) is 0 Å². The van der Waals surface area contributed by atoms with Crippen molar-refractivity contribution in [2.24, 2.45) is 0 Å². The molecule has 2 amide bonds. The second kappa shape index (κ2) is 14.2. The van der Waals surface area contributed by atoms with Crippen molar-refractivity contribution in [3.63, 3.8) is 0 Å². The molecule has 9 heteroatoms. The number of aliphatic carboxylic acids is 1. The van der Waals surface area contributed by atoms with Crippen molar-refractivity contribution in [3.8, 4) is 0 Å². The summed E-state index contributed by atoms with van der Waals surface area (Å²) in [7, 11) is 0. The summed E-state index contributed by atoms with van der Waals surface area (Å²) < 4.78 is 15.6. The molecule has 0 radical (unpaired) electrons. The highest BCUT2D eigenvalue weighted by Gasteiger charge is 2.13. The van der Waals surface area contributed by atoms with Crippen LogP contribution in [0.25, 0.3) is 0 Å². The number of nitrogens with one attached hydrogen (secondary N) is 2. The molecule has 0 aromatic heterocycles. The molecule has 0 bridgehead atoms. The lowest BCUT2D eigenvalue weighted by molar-refractivity contribution is -0.141. The molecule has 0 unspecified atom stereocenters. The summed E-state index contributed by atoms with van der Waals surface area (Å²) in [4.78, 5) is 31.8. The summed E-state index contributed by atoms with van der Waals surface area (Å²) in [5, 5.41) is 13.4. The predicted molar refractivity (Wildman–Crippen MR) is 76.4 cm³/mol. The first-order valence-corrected chi connectivity index (χ1v) is 7.00. The fourth-order valence-electron chi connectivity index (χ4n) is 1.27. The highest BCUT2D eigenvalue weighted by Crippen LogP contribution is 1.88. The molecule has 0 aliphatic heterocycles. The van der Waals surface area contributed by atoms with E-state index in [2.05, 4.69) is 10.6 Å². The van der Waals surface area contributed by atoms with E-state index >= 15 is 0 Å². The molecule has 0 heterocycles. The fraction of sp³-hybridized carbons (Fsp3) is 0.769. The fourth-order valence-corrected chi connectivity index (χ4v) is 1.27. The molecule has 22 heavy (non-hydrogen) atoms. The minimum Gasteiger partial charge on any atom is -0.480 e. The zero-order chi connectivity index (χ0) is 16.6. The Hall–Kier alpha value is -1.71. The highest BCUT2D eigenvalue weighted by atomic mass is 16.5. The Kier molecular flexibility index (Phi) is 13.1. The van der Waals surface area contributed by atoms with E-state index in [4.69, 9.17) is 19.3 Å². The number of amides is 2. The quantitative estimate of drug-likeness (QED) is 0.255. The average Bonchev–Trinajstić information content (AvgIpc) is 2.48. The van der Waals surface area contributed by atoms with E-state index in [9.17, 15) is 14.4 Å². The zero-order valence-electron chi connectivity index (χ0n) is 12.7. The lowest BCUT2D eigenvalue weighted by Crippen LogP contribution is -2.38. The Morgan fingerprint density at radius 2 is 1.59 bits per heavy atom. The summed E-state index contributed by atoms with van der Waals surface area (Å²) in [5.41, 5.74) is 0. The first-order chi connectivity index (χ1) is 10.6. The first kappa shape index (κ1) is 20.3. The van der Waals surface area contributed by atoms with Gasteiger partial charge in [0.15, 0.2) is 0 Å². The molecule has 0 spiro atoms. The number of carboxylic acid groups (broad SMARTS) is 1. The minimum atomic E-state index is -1.08.